The van der Waals surface area contributed by atoms with E-state index in [2.05, 4.69) is 10.6 Å². The first-order valence-electron chi connectivity index (χ1n) is 7.41. The molecule has 128 valence electrons. The number of hydrogen-bond donors (Lipinski definition) is 2. The van der Waals surface area contributed by atoms with Crippen molar-refractivity contribution in [3.05, 3.63) is 35.0 Å². The fourth-order valence-corrected chi connectivity index (χ4v) is 2.16. The van der Waals surface area contributed by atoms with Gasteiger partial charge in [0.05, 0.1) is 11.4 Å². The summed E-state index contributed by atoms with van der Waals surface area (Å²) in [4.78, 5) is 35.2. The average Bonchev–Trinajstić information content (AvgIpc) is 2.41. The molecule has 24 heavy (non-hydrogen) atoms. The van der Waals surface area contributed by atoms with Crippen LogP contribution in [0.5, 0.6) is 0 Å². The van der Waals surface area contributed by atoms with E-state index >= 15 is 0 Å². The van der Waals surface area contributed by atoms with Crippen LogP contribution in [0.3, 0.4) is 0 Å². The zero-order valence-electron chi connectivity index (χ0n) is 14.3. The maximum atomic E-state index is 11.9. The van der Waals surface area contributed by atoms with Crippen molar-refractivity contribution in [2.24, 2.45) is 0 Å². The second-order valence-electron chi connectivity index (χ2n) is 6.04. The monoisotopic (exact) mass is 332 g/mol. The van der Waals surface area contributed by atoms with Crippen molar-refractivity contribution in [1.82, 2.24) is 0 Å². The molecule has 1 aromatic rings. The van der Waals surface area contributed by atoms with Crippen molar-refractivity contribution in [2.75, 3.05) is 10.6 Å². The lowest BCUT2D eigenvalue weighted by molar-refractivity contribution is -0.222. The van der Waals surface area contributed by atoms with Gasteiger partial charge in [-0.15, -0.1) is 0 Å². The van der Waals surface area contributed by atoms with E-state index in [-0.39, 0.29) is 11.5 Å². The van der Waals surface area contributed by atoms with Crippen LogP contribution in [0.15, 0.2) is 23.9 Å². The van der Waals surface area contributed by atoms with Gasteiger partial charge in [-0.2, -0.15) is 0 Å². The smallest absolute Gasteiger partial charge is 0.350 e. The third-order valence-corrected chi connectivity index (χ3v) is 3.43. The predicted octanol–water partition coefficient (Wildman–Crippen LogP) is 2.39. The lowest BCUT2D eigenvalue weighted by Gasteiger charge is -2.29. The van der Waals surface area contributed by atoms with Crippen LogP contribution in [-0.4, -0.2) is 23.6 Å². The van der Waals surface area contributed by atoms with Crippen molar-refractivity contribution in [1.29, 1.82) is 0 Å². The van der Waals surface area contributed by atoms with Gasteiger partial charge in [0.25, 0.3) is 5.79 Å². The molecule has 1 aliphatic heterocycles. The number of carbonyl (C=O) groups excluding carboxylic acids is 3. The third-order valence-electron chi connectivity index (χ3n) is 3.43. The van der Waals surface area contributed by atoms with Crippen LogP contribution < -0.4 is 10.6 Å². The fourth-order valence-electron chi connectivity index (χ4n) is 2.16. The number of aryl methyl sites for hydroxylation is 2. The van der Waals surface area contributed by atoms with Gasteiger partial charge >= 0.3 is 11.9 Å². The summed E-state index contributed by atoms with van der Waals surface area (Å²) in [6.45, 7) is 8.18. The van der Waals surface area contributed by atoms with Gasteiger partial charge in [-0.1, -0.05) is 0 Å². The topological polar surface area (TPSA) is 93.7 Å². The van der Waals surface area contributed by atoms with E-state index in [1.165, 1.54) is 27.0 Å². The van der Waals surface area contributed by atoms with Crippen LogP contribution >= 0.6 is 0 Å². The van der Waals surface area contributed by atoms with Crippen molar-refractivity contribution < 1.29 is 23.9 Å². The number of cyclic esters (lactones) is 2. The molecule has 1 fully saturated rings. The highest BCUT2D eigenvalue weighted by Crippen LogP contribution is 2.27. The molecule has 1 heterocycles. The number of amides is 1. The number of esters is 2. The first-order valence-corrected chi connectivity index (χ1v) is 7.41. The van der Waals surface area contributed by atoms with Crippen LogP contribution in [0.4, 0.5) is 11.4 Å². The fraction of sp³-hybridized carbons (Fsp3) is 0.353. The largest absolute Gasteiger partial charge is 0.419 e. The zero-order chi connectivity index (χ0) is 18.1. The minimum atomic E-state index is -1.28. The number of anilines is 2. The summed E-state index contributed by atoms with van der Waals surface area (Å²) >= 11 is 0. The highest BCUT2D eigenvalue weighted by Gasteiger charge is 2.38. The number of ether oxygens (including phenoxy) is 2. The highest BCUT2D eigenvalue weighted by atomic mass is 16.7. The van der Waals surface area contributed by atoms with Gasteiger partial charge in [0, 0.05) is 27.0 Å². The Labute approximate surface area is 140 Å². The molecule has 0 saturated carbocycles. The number of benzene rings is 1. The quantitative estimate of drug-likeness (QED) is 0.501. The first-order chi connectivity index (χ1) is 11.1. The van der Waals surface area contributed by atoms with Crippen LogP contribution in [0.1, 0.15) is 31.9 Å². The summed E-state index contributed by atoms with van der Waals surface area (Å²) in [6, 6.07) is 3.61. The lowest BCUT2D eigenvalue weighted by Crippen LogP contribution is -2.42. The number of hydrogen-bond acceptors (Lipinski definition) is 6. The van der Waals surface area contributed by atoms with E-state index in [1.807, 2.05) is 13.8 Å². The highest BCUT2D eigenvalue weighted by molar-refractivity contribution is 6.15. The normalized spacial score (nSPS) is 16.1. The summed E-state index contributed by atoms with van der Waals surface area (Å²) in [6.07, 6.45) is 1.22. The van der Waals surface area contributed by atoms with Crippen molar-refractivity contribution in [2.45, 2.75) is 40.4 Å². The Hall–Kier alpha value is -2.83. The third kappa shape index (κ3) is 3.92. The van der Waals surface area contributed by atoms with Crippen LogP contribution in [0, 0.1) is 13.8 Å². The zero-order valence-corrected chi connectivity index (χ0v) is 14.3. The van der Waals surface area contributed by atoms with E-state index in [1.54, 1.807) is 12.1 Å². The molecule has 1 saturated heterocycles. The minimum Gasteiger partial charge on any atom is -0.419 e. The first kappa shape index (κ1) is 17.5. The van der Waals surface area contributed by atoms with Crippen LogP contribution in [0.25, 0.3) is 0 Å². The molecular formula is C17H20N2O5. The van der Waals surface area contributed by atoms with Gasteiger partial charge < -0.3 is 20.1 Å². The molecule has 2 rings (SSSR count). The molecule has 0 aromatic heterocycles. The second-order valence-corrected chi connectivity index (χ2v) is 6.04. The summed E-state index contributed by atoms with van der Waals surface area (Å²) in [5, 5.41) is 5.57. The molecule has 2 N–H and O–H groups in total. The summed E-state index contributed by atoms with van der Waals surface area (Å²) in [7, 11) is 0. The number of carbonyl (C=O) groups is 3. The van der Waals surface area contributed by atoms with E-state index < -0.39 is 17.7 Å². The molecular weight excluding hydrogens is 312 g/mol. The van der Waals surface area contributed by atoms with Gasteiger partial charge in [0.2, 0.25) is 5.91 Å². The maximum Gasteiger partial charge on any atom is 0.350 e. The average molecular weight is 332 g/mol. The molecule has 0 aliphatic carbocycles. The summed E-state index contributed by atoms with van der Waals surface area (Å²) in [5.41, 5.74) is 2.82. The Balaban J connectivity index is 2.31. The van der Waals surface area contributed by atoms with E-state index in [0.717, 1.165) is 11.1 Å². The van der Waals surface area contributed by atoms with Crippen molar-refractivity contribution in [3.63, 3.8) is 0 Å². The molecule has 0 radical (unpaired) electrons. The Morgan fingerprint density at radius 2 is 1.54 bits per heavy atom. The van der Waals surface area contributed by atoms with Crippen molar-refractivity contribution in [3.8, 4) is 0 Å². The molecule has 0 unspecified atom stereocenters. The van der Waals surface area contributed by atoms with Gasteiger partial charge in [0.15, 0.2) is 5.57 Å². The Morgan fingerprint density at radius 3 is 2.04 bits per heavy atom. The van der Waals surface area contributed by atoms with Crippen LogP contribution in [-0.2, 0) is 23.9 Å². The summed E-state index contributed by atoms with van der Waals surface area (Å²) in [5.74, 6) is -3.05. The standard InChI is InChI=1S/C17H20N2O5/c1-9-6-13(14(7-10(9)2)19-11(3)20)18-8-12-15(21)23-17(4,5)24-16(12)22/h6-8,18H,1-5H3,(H,19,20). The maximum absolute atomic E-state index is 11.9. The van der Waals surface area contributed by atoms with Crippen LogP contribution in [0.2, 0.25) is 0 Å². The molecule has 0 spiro atoms. The summed E-state index contributed by atoms with van der Waals surface area (Å²) < 4.78 is 10.0. The lowest BCUT2D eigenvalue weighted by atomic mass is 10.1. The molecule has 1 amide bonds. The molecule has 7 heteroatoms. The molecule has 1 aromatic carbocycles. The molecule has 1 aliphatic rings. The van der Waals surface area contributed by atoms with E-state index in [9.17, 15) is 14.4 Å². The predicted molar refractivity (Wildman–Crippen MR) is 88.2 cm³/mol. The second kappa shape index (κ2) is 6.35. The molecule has 0 atom stereocenters. The van der Waals surface area contributed by atoms with Gasteiger partial charge in [-0.3, -0.25) is 4.79 Å². The van der Waals surface area contributed by atoms with E-state index in [0.29, 0.717) is 11.4 Å². The SMILES string of the molecule is CC(=O)Nc1cc(C)c(C)cc1NC=C1C(=O)OC(C)(C)OC1=O. The Kier molecular flexibility index (Phi) is 4.64. The number of nitrogens with one attached hydrogen (secondary N) is 2. The van der Waals surface area contributed by atoms with Gasteiger partial charge in [0.1, 0.15) is 0 Å². The number of rotatable bonds is 3. The minimum absolute atomic E-state index is 0.229. The molecule has 0 bridgehead atoms. The van der Waals surface area contributed by atoms with Gasteiger partial charge in [-0.25, -0.2) is 9.59 Å². The van der Waals surface area contributed by atoms with Crippen molar-refractivity contribution >= 4 is 29.2 Å². The molecule has 7 nitrogen and oxygen atoms in total. The van der Waals surface area contributed by atoms with Gasteiger partial charge in [-0.05, 0) is 37.1 Å². The Morgan fingerprint density at radius 1 is 1.04 bits per heavy atom. The van der Waals surface area contributed by atoms with E-state index in [4.69, 9.17) is 9.47 Å². The Bertz CT molecular complexity index is 728.